The van der Waals surface area contributed by atoms with Gasteiger partial charge in [0, 0.05) is 9.86 Å². The van der Waals surface area contributed by atoms with Crippen LogP contribution in [-0.4, -0.2) is 9.55 Å². The van der Waals surface area contributed by atoms with Gasteiger partial charge in [-0.05, 0) is 40.2 Å². The standard InChI is InChI=1S/C7H4BrClIN2P/c8-4-1-2-5-6(3-4)12(13-10)11-7(5)9/h1-3,13H. The molecule has 0 bridgehead atoms. The Hall–Kier alpha value is 0.620. The maximum Gasteiger partial charge on any atom is 0.159 e. The third kappa shape index (κ3) is 1.87. The molecule has 1 unspecified atom stereocenters. The molecule has 1 aromatic heterocycles. The van der Waals surface area contributed by atoms with Gasteiger partial charge < -0.3 is 0 Å². The molecular weight excluding hydrogens is 385 g/mol. The van der Waals surface area contributed by atoms with Crippen LogP contribution in [0.4, 0.5) is 0 Å². The van der Waals surface area contributed by atoms with Crippen LogP contribution in [0.25, 0.3) is 10.9 Å². The van der Waals surface area contributed by atoms with E-state index in [2.05, 4.69) is 43.1 Å². The van der Waals surface area contributed by atoms with E-state index in [-0.39, 0.29) is 0 Å². The summed E-state index contributed by atoms with van der Waals surface area (Å²) in [6.07, 6.45) is 0.571. The average molecular weight is 389 g/mol. The smallest absolute Gasteiger partial charge is 0.159 e. The molecule has 0 spiro atoms. The second-order valence-electron chi connectivity index (χ2n) is 2.45. The highest BCUT2D eigenvalue weighted by atomic mass is 127. The number of rotatable bonds is 1. The number of benzene rings is 1. The molecule has 0 aliphatic rings. The van der Waals surface area contributed by atoms with E-state index >= 15 is 0 Å². The Morgan fingerprint density at radius 3 is 3.00 bits per heavy atom. The Labute approximate surface area is 103 Å². The van der Waals surface area contributed by atoms with Gasteiger partial charge in [0.1, 0.15) is 0 Å². The zero-order valence-electron chi connectivity index (χ0n) is 6.26. The topological polar surface area (TPSA) is 17.8 Å². The van der Waals surface area contributed by atoms with Crippen molar-refractivity contribution in [2.45, 2.75) is 0 Å². The predicted octanol–water partition coefficient (Wildman–Crippen LogP) is 4.24. The van der Waals surface area contributed by atoms with Crippen LogP contribution in [0.3, 0.4) is 0 Å². The van der Waals surface area contributed by atoms with Crippen molar-refractivity contribution in [2.75, 3.05) is 0 Å². The highest BCUT2D eigenvalue weighted by Gasteiger charge is 2.07. The molecule has 68 valence electrons. The minimum atomic E-state index is 0.571. The minimum absolute atomic E-state index is 0.571. The molecule has 6 heteroatoms. The van der Waals surface area contributed by atoms with Crippen molar-refractivity contribution in [1.82, 2.24) is 9.55 Å². The van der Waals surface area contributed by atoms with E-state index in [1.165, 1.54) is 0 Å². The van der Waals surface area contributed by atoms with Crippen molar-refractivity contribution in [1.29, 1.82) is 0 Å². The lowest BCUT2D eigenvalue weighted by molar-refractivity contribution is 1.04. The fourth-order valence-electron chi connectivity index (χ4n) is 1.11. The largest absolute Gasteiger partial charge is 0.236 e. The summed E-state index contributed by atoms with van der Waals surface area (Å²) in [7, 11) is 0. The minimum Gasteiger partial charge on any atom is -0.236 e. The lowest BCUT2D eigenvalue weighted by Gasteiger charge is -1.96. The molecule has 1 atom stereocenters. The summed E-state index contributed by atoms with van der Waals surface area (Å²) in [6, 6.07) is 5.97. The molecule has 2 aromatic rings. The summed E-state index contributed by atoms with van der Waals surface area (Å²) in [5.41, 5.74) is 1.08. The Kier molecular flexibility index (Phi) is 3.13. The first-order valence-corrected chi connectivity index (χ1v) is 8.66. The van der Waals surface area contributed by atoms with Gasteiger partial charge in [-0.1, -0.05) is 27.5 Å². The third-order valence-electron chi connectivity index (χ3n) is 1.68. The van der Waals surface area contributed by atoms with Crippen molar-refractivity contribution in [3.63, 3.8) is 0 Å². The summed E-state index contributed by atoms with van der Waals surface area (Å²) in [4.78, 5) is 0. The van der Waals surface area contributed by atoms with Gasteiger partial charge in [-0.25, -0.2) is 4.45 Å². The first kappa shape index (κ1) is 10.1. The van der Waals surface area contributed by atoms with Crippen LogP contribution in [0.15, 0.2) is 22.7 Å². The van der Waals surface area contributed by atoms with Crippen LogP contribution >= 0.6 is 55.9 Å². The SMILES string of the molecule is Clc1nn(PI)c2cc(Br)ccc12. The van der Waals surface area contributed by atoms with Gasteiger partial charge in [0.05, 0.1) is 11.9 Å². The van der Waals surface area contributed by atoms with Crippen LogP contribution in [0, 0.1) is 0 Å². The number of fused-ring (bicyclic) bond motifs is 1. The molecule has 0 saturated heterocycles. The van der Waals surface area contributed by atoms with Crippen LogP contribution in [-0.2, 0) is 0 Å². The van der Waals surface area contributed by atoms with Crippen molar-refractivity contribution in [2.24, 2.45) is 0 Å². The number of hydrogen-bond acceptors (Lipinski definition) is 1. The van der Waals surface area contributed by atoms with Gasteiger partial charge in [-0.2, -0.15) is 5.10 Å². The molecule has 0 N–H and O–H groups in total. The van der Waals surface area contributed by atoms with Gasteiger partial charge in [-0.15, -0.1) is 0 Å². The first-order chi connectivity index (χ1) is 6.22. The van der Waals surface area contributed by atoms with Crippen LogP contribution < -0.4 is 0 Å². The zero-order chi connectivity index (χ0) is 9.42. The summed E-state index contributed by atoms with van der Waals surface area (Å²) in [5, 5.41) is 5.80. The van der Waals surface area contributed by atoms with E-state index in [9.17, 15) is 0 Å². The Morgan fingerprint density at radius 2 is 2.31 bits per heavy atom. The fraction of sp³-hybridized carbons (Fsp3) is 0. The Morgan fingerprint density at radius 1 is 1.54 bits per heavy atom. The summed E-state index contributed by atoms with van der Waals surface area (Å²) >= 11 is 11.7. The van der Waals surface area contributed by atoms with Crippen molar-refractivity contribution in [3.05, 3.63) is 27.8 Å². The van der Waals surface area contributed by atoms with Crippen LogP contribution in [0.1, 0.15) is 0 Å². The molecule has 0 aliphatic heterocycles. The quantitative estimate of drug-likeness (QED) is 0.527. The van der Waals surface area contributed by atoms with E-state index in [1.54, 1.807) is 0 Å². The Balaban J connectivity index is 2.81. The molecule has 13 heavy (non-hydrogen) atoms. The van der Waals surface area contributed by atoms with E-state index in [1.807, 2.05) is 22.7 Å². The van der Waals surface area contributed by atoms with Gasteiger partial charge in [0.15, 0.2) is 5.15 Å². The molecule has 1 aromatic carbocycles. The third-order valence-corrected chi connectivity index (χ3v) is 4.32. The van der Waals surface area contributed by atoms with Crippen molar-refractivity contribution >= 4 is 66.8 Å². The van der Waals surface area contributed by atoms with Crippen molar-refractivity contribution in [3.8, 4) is 0 Å². The van der Waals surface area contributed by atoms with E-state index in [0.29, 0.717) is 11.5 Å². The number of aromatic nitrogens is 2. The second-order valence-corrected chi connectivity index (χ2v) is 5.76. The molecule has 0 amide bonds. The molecule has 2 nitrogen and oxygen atoms in total. The van der Waals surface area contributed by atoms with Gasteiger partial charge in [0.2, 0.25) is 0 Å². The van der Waals surface area contributed by atoms with E-state index < -0.39 is 0 Å². The van der Waals surface area contributed by atoms with Gasteiger partial charge in [0.25, 0.3) is 0 Å². The number of hydrogen-bond donors (Lipinski definition) is 0. The number of nitrogens with zero attached hydrogens (tertiary/aromatic N) is 2. The molecule has 2 rings (SSSR count). The zero-order valence-corrected chi connectivity index (χ0v) is 11.8. The highest BCUT2D eigenvalue weighted by Crippen LogP contribution is 2.33. The van der Waals surface area contributed by atoms with Gasteiger partial charge >= 0.3 is 0 Å². The maximum absolute atomic E-state index is 5.96. The number of halogens is 3. The highest BCUT2D eigenvalue weighted by molar-refractivity contribution is 14.2. The summed E-state index contributed by atoms with van der Waals surface area (Å²) in [5.74, 6) is 0. The van der Waals surface area contributed by atoms with E-state index in [0.717, 1.165) is 15.4 Å². The normalized spacial score (nSPS) is 11.9. The predicted molar refractivity (Wildman–Crippen MR) is 70.2 cm³/mol. The fourth-order valence-corrected chi connectivity index (χ4v) is 3.28. The van der Waals surface area contributed by atoms with Gasteiger partial charge in [-0.3, -0.25) is 0 Å². The average Bonchev–Trinajstić information content (AvgIpc) is 2.42. The Bertz CT molecular complexity index is 459. The first-order valence-electron chi connectivity index (χ1n) is 3.43. The lowest BCUT2D eigenvalue weighted by atomic mass is 10.3. The molecular formula is C7H4BrClIN2P. The molecule has 0 saturated carbocycles. The summed E-state index contributed by atoms with van der Waals surface area (Å²) < 4.78 is 2.95. The monoisotopic (exact) mass is 388 g/mol. The molecule has 0 aliphatic carbocycles. The lowest BCUT2D eigenvalue weighted by Crippen LogP contribution is -1.81. The maximum atomic E-state index is 5.96. The summed E-state index contributed by atoms with van der Waals surface area (Å²) in [6.45, 7) is 0. The van der Waals surface area contributed by atoms with Crippen LogP contribution in [0.2, 0.25) is 5.15 Å². The molecule has 0 fully saturated rings. The van der Waals surface area contributed by atoms with Crippen LogP contribution in [0.5, 0.6) is 0 Å². The van der Waals surface area contributed by atoms with Crippen molar-refractivity contribution < 1.29 is 0 Å². The second kappa shape index (κ2) is 4.01. The molecule has 0 radical (unpaired) electrons. The molecule has 1 heterocycles. The van der Waals surface area contributed by atoms with E-state index in [4.69, 9.17) is 11.6 Å².